The summed E-state index contributed by atoms with van der Waals surface area (Å²) in [6.45, 7) is 3.39. The minimum Gasteiger partial charge on any atom is -0.395 e. The second-order valence-electron chi connectivity index (χ2n) is 10.2. The minimum absolute atomic E-state index is 0.0147. The molecule has 0 saturated heterocycles. The maximum absolute atomic E-state index is 10.0. The fraction of sp³-hybridized carbons (Fsp3) is 0.556. The molecule has 1 atom stereocenters. The van der Waals surface area contributed by atoms with E-state index in [4.69, 9.17) is 9.84 Å². The molecular weight excluding hydrogens is 442 g/mol. The second-order valence-corrected chi connectivity index (χ2v) is 10.2. The van der Waals surface area contributed by atoms with Crippen LogP contribution in [0.3, 0.4) is 0 Å². The van der Waals surface area contributed by atoms with Crippen LogP contribution >= 0.6 is 0 Å². The van der Waals surface area contributed by atoms with Crippen molar-refractivity contribution in [1.82, 2.24) is 19.9 Å². The van der Waals surface area contributed by atoms with Gasteiger partial charge in [0.15, 0.2) is 0 Å². The molecule has 5 rings (SSSR count). The van der Waals surface area contributed by atoms with E-state index in [1.807, 2.05) is 17.6 Å². The zero-order chi connectivity index (χ0) is 24.4. The maximum Gasteiger partial charge on any atom is 0.241 e. The summed E-state index contributed by atoms with van der Waals surface area (Å²) in [6.07, 6.45) is 7.48. The predicted molar refractivity (Wildman–Crippen MR) is 137 cm³/mol. The van der Waals surface area contributed by atoms with Crippen LogP contribution in [-0.2, 0) is 10.3 Å². The summed E-state index contributed by atoms with van der Waals surface area (Å²) in [6, 6.07) is 11.1. The van der Waals surface area contributed by atoms with Gasteiger partial charge in [-0.05, 0) is 62.6 Å². The zero-order valence-corrected chi connectivity index (χ0v) is 20.7. The van der Waals surface area contributed by atoms with E-state index in [0.29, 0.717) is 25.0 Å². The molecule has 0 amide bonds. The number of fused-ring (bicyclic) bond motifs is 1. The van der Waals surface area contributed by atoms with Crippen LogP contribution in [0.5, 0.6) is 0 Å². The summed E-state index contributed by atoms with van der Waals surface area (Å²) < 4.78 is 7.30. The van der Waals surface area contributed by atoms with Gasteiger partial charge in [0.05, 0.1) is 31.0 Å². The second kappa shape index (κ2) is 10.2. The van der Waals surface area contributed by atoms with Crippen molar-refractivity contribution in [2.45, 2.75) is 69.1 Å². The molecule has 0 bridgehead atoms. The quantitative estimate of drug-likeness (QED) is 0.353. The number of nitrogens with one attached hydrogen (secondary N) is 2. The number of benzene rings is 1. The van der Waals surface area contributed by atoms with E-state index in [1.165, 1.54) is 11.3 Å². The first-order valence-electron chi connectivity index (χ1n) is 12.8. The molecule has 2 saturated carbocycles. The summed E-state index contributed by atoms with van der Waals surface area (Å²) >= 11 is 0. The third-order valence-corrected chi connectivity index (χ3v) is 7.53. The predicted octanol–water partition coefficient (Wildman–Crippen LogP) is 3.43. The smallest absolute Gasteiger partial charge is 0.241 e. The lowest BCUT2D eigenvalue weighted by molar-refractivity contribution is 0.121. The fourth-order valence-corrected chi connectivity index (χ4v) is 5.44. The Kier molecular flexibility index (Phi) is 7.07. The van der Waals surface area contributed by atoms with Crippen molar-refractivity contribution in [3.8, 4) is 11.1 Å². The van der Waals surface area contributed by atoms with Gasteiger partial charge in [0.2, 0.25) is 5.95 Å². The Balaban J connectivity index is 1.49. The lowest BCUT2D eigenvalue weighted by atomic mass is 9.85. The van der Waals surface area contributed by atoms with Crippen molar-refractivity contribution in [1.29, 1.82) is 0 Å². The SMILES string of the molecule is COC[C@H](C)Nc1ncc2c(-c3ccc(C4(NCCO)CC4)cc3)cc([C@H]3CC[C@H](O)CC3)n2n1. The van der Waals surface area contributed by atoms with Crippen LogP contribution in [-0.4, -0.2) is 63.8 Å². The highest BCUT2D eigenvalue weighted by Gasteiger charge is 2.43. The molecule has 1 aromatic carbocycles. The molecule has 188 valence electrons. The molecule has 3 aromatic rings. The van der Waals surface area contributed by atoms with Crippen LogP contribution in [0.1, 0.15) is 62.6 Å². The van der Waals surface area contributed by atoms with Gasteiger partial charge in [-0.15, -0.1) is 5.10 Å². The summed E-state index contributed by atoms with van der Waals surface area (Å²) in [5, 5.41) is 31.0. The van der Waals surface area contributed by atoms with Gasteiger partial charge in [-0.25, -0.2) is 9.50 Å². The molecule has 0 unspecified atom stereocenters. The van der Waals surface area contributed by atoms with Crippen molar-refractivity contribution in [3.63, 3.8) is 0 Å². The van der Waals surface area contributed by atoms with Crippen LogP contribution in [0, 0.1) is 0 Å². The Labute approximate surface area is 206 Å². The average molecular weight is 480 g/mol. The van der Waals surface area contributed by atoms with E-state index in [1.54, 1.807) is 7.11 Å². The molecule has 0 spiro atoms. The van der Waals surface area contributed by atoms with Gasteiger partial charge >= 0.3 is 0 Å². The Morgan fingerprint density at radius 3 is 2.57 bits per heavy atom. The molecule has 0 radical (unpaired) electrons. The van der Waals surface area contributed by atoms with E-state index >= 15 is 0 Å². The third-order valence-electron chi connectivity index (χ3n) is 7.53. The van der Waals surface area contributed by atoms with Crippen LogP contribution in [0.15, 0.2) is 36.5 Å². The van der Waals surface area contributed by atoms with Gasteiger partial charge < -0.3 is 25.6 Å². The maximum atomic E-state index is 10.0. The molecule has 2 heterocycles. The highest BCUT2D eigenvalue weighted by atomic mass is 16.5. The monoisotopic (exact) mass is 479 g/mol. The molecule has 35 heavy (non-hydrogen) atoms. The number of aliphatic hydroxyl groups is 2. The number of ether oxygens (including phenoxy) is 1. The van der Waals surface area contributed by atoms with Crippen LogP contribution in [0.25, 0.3) is 16.6 Å². The Morgan fingerprint density at radius 2 is 1.91 bits per heavy atom. The topological polar surface area (TPSA) is 104 Å². The number of aliphatic hydroxyl groups excluding tert-OH is 2. The van der Waals surface area contributed by atoms with Gasteiger partial charge in [0, 0.05) is 42.4 Å². The first-order valence-corrected chi connectivity index (χ1v) is 12.8. The molecule has 2 aliphatic carbocycles. The summed E-state index contributed by atoms with van der Waals surface area (Å²) in [5.41, 5.74) is 5.73. The fourth-order valence-electron chi connectivity index (χ4n) is 5.44. The number of rotatable bonds is 10. The first kappa shape index (κ1) is 24.2. The van der Waals surface area contributed by atoms with Gasteiger partial charge in [-0.3, -0.25) is 0 Å². The number of nitrogens with zero attached hydrogens (tertiary/aromatic N) is 3. The van der Waals surface area contributed by atoms with Crippen LogP contribution in [0.2, 0.25) is 0 Å². The zero-order valence-electron chi connectivity index (χ0n) is 20.7. The highest BCUT2D eigenvalue weighted by molar-refractivity contribution is 5.81. The average Bonchev–Trinajstić information content (AvgIpc) is 3.57. The van der Waals surface area contributed by atoms with E-state index in [-0.39, 0.29) is 24.3 Å². The lowest BCUT2D eigenvalue weighted by Gasteiger charge is -2.25. The largest absolute Gasteiger partial charge is 0.395 e. The van der Waals surface area contributed by atoms with Crippen molar-refractivity contribution in [2.75, 3.05) is 32.2 Å². The number of methoxy groups -OCH3 is 1. The molecule has 0 aliphatic heterocycles. The standard InChI is InChI=1S/C27H37N5O3/c1-18(17-35-2)30-26-28-16-25-23(15-24(32(25)31-26)20-5-9-22(34)10-6-20)19-3-7-21(8-4-19)27(11-12-27)29-13-14-33/h3-4,7-8,15-16,18,20,22,29,33-34H,5-6,9-14,17H2,1-2H3,(H,30,31)/t18-,20-,22-/m0/s1. The Bertz CT molecular complexity index is 1130. The van der Waals surface area contributed by atoms with Crippen molar-refractivity contribution >= 4 is 11.5 Å². The van der Waals surface area contributed by atoms with E-state index in [2.05, 4.69) is 45.9 Å². The number of aromatic nitrogens is 3. The van der Waals surface area contributed by atoms with Gasteiger partial charge in [0.25, 0.3) is 0 Å². The van der Waals surface area contributed by atoms with Crippen molar-refractivity contribution in [2.24, 2.45) is 0 Å². The lowest BCUT2D eigenvalue weighted by Crippen LogP contribution is -2.31. The van der Waals surface area contributed by atoms with Crippen LogP contribution in [0.4, 0.5) is 5.95 Å². The van der Waals surface area contributed by atoms with Crippen molar-refractivity contribution < 1.29 is 14.9 Å². The van der Waals surface area contributed by atoms with E-state index in [9.17, 15) is 10.2 Å². The van der Waals surface area contributed by atoms with Gasteiger partial charge in [0.1, 0.15) is 0 Å². The molecule has 4 N–H and O–H groups in total. The number of anilines is 1. The summed E-state index contributed by atoms with van der Waals surface area (Å²) in [4.78, 5) is 4.61. The Morgan fingerprint density at radius 1 is 1.17 bits per heavy atom. The Hall–Kier alpha value is -2.52. The first-order chi connectivity index (χ1) is 17.0. The van der Waals surface area contributed by atoms with E-state index < -0.39 is 0 Å². The van der Waals surface area contributed by atoms with Gasteiger partial charge in [-0.2, -0.15) is 0 Å². The van der Waals surface area contributed by atoms with Gasteiger partial charge in [-0.1, -0.05) is 24.3 Å². The minimum atomic E-state index is -0.194. The third kappa shape index (κ3) is 5.07. The molecule has 2 aliphatic rings. The normalized spacial score (nSPS) is 22.3. The molecule has 8 heteroatoms. The van der Waals surface area contributed by atoms with Crippen LogP contribution < -0.4 is 10.6 Å². The molecule has 2 aromatic heterocycles. The summed E-state index contributed by atoms with van der Waals surface area (Å²) in [7, 11) is 1.69. The number of hydrogen-bond donors (Lipinski definition) is 4. The highest BCUT2D eigenvalue weighted by Crippen LogP contribution is 2.46. The molecule has 2 fully saturated rings. The van der Waals surface area contributed by atoms with E-state index in [0.717, 1.165) is 55.2 Å². The molecule has 8 nitrogen and oxygen atoms in total. The molecular formula is C27H37N5O3. The number of hydrogen-bond acceptors (Lipinski definition) is 7. The van der Waals surface area contributed by atoms with Crippen molar-refractivity contribution in [3.05, 3.63) is 47.8 Å². The summed E-state index contributed by atoms with van der Waals surface area (Å²) in [5.74, 6) is 0.942.